The first-order valence-corrected chi connectivity index (χ1v) is 14.5. The average Bonchev–Trinajstić information content (AvgIpc) is 3.44. The highest BCUT2D eigenvalue weighted by Crippen LogP contribution is 2.37. The summed E-state index contributed by atoms with van der Waals surface area (Å²) in [4.78, 5) is 40.3. The van der Waals surface area contributed by atoms with Gasteiger partial charge in [0.2, 0.25) is 0 Å². The van der Waals surface area contributed by atoms with Gasteiger partial charge in [-0.3, -0.25) is 24.7 Å². The monoisotopic (exact) mass is 648 g/mol. The number of non-ortho nitro benzene ring substituents is 1. The molecular weight excluding hydrogens is 624 g/mol. The number of rotatable bonds is 8. The van der Waals surface area contributed by atoms with E-state index in [-0.39, 0.29) is 23.8 Å². The van der Waals surface area contributed by atoms with Gasteiger partial charge in [-0.05, 0) is 29.3 Å². The van der Waals surface area contributed by atoms with Gasteiger partial charge in [-0.25, -0.2) is 5.43 Å². The van der Waals surface area contributed by atoms with Gasteiger partial charge in [-0.2, -0.15) is 10.2 Å². The maximum absolute atomic E-state index is 13.7. The molecule has 1 unspecified atom stereocenters. The zero-order chi connectivity index (χ0) is 30.6. The van der Waals surface area contributed by atoms with Crippen molar-refractivity contribution in [3.05, 3.63) is 145 Å². The minimum Gasteiger partial charge on any atom is -0.321 e. The fourth-order valence-corrected chi connectivity index (χ4v) is 5.70. The molecule has 0 fully saturated rings. The van der Waals surface area contributed by atoms with Gasteiger partial charge in [0.25, 0.3) is 17.2 Å². The van der Waals surface area contributed by atoms with E-state index < -0.39 is 10.8 Å². The van der Waals surface area contributed by atoms with Gasteiger partial charge in [0.05, 0.1) is 28.5 Å². The number of carbonyl (C=O) groups is 1. The van der Waals surface area contributed by atoms with E-state index in [2.05, 4.69) is 31.4 Å². The number of aromatic nitrogens is 1. The summed E-state index contributed by atoms with van der Waals surface area (Å²) in [5, 5.41) is 22.4. The smallest absolute Gasteiger partial charge is 0.270 e. The molecule has 5 aromatic rings. The number of hydrazone groups is 2. The molecule has 1 atom stereocenters. The molecule has 0 saturated carbocycles. The number of halogens is 1. The van der Waals surface area contributed by atoms with Crippen LogP contribution in [-0.4, -0.2) is 39.3 Å². The molecule has 2 heterocycles. The van der Waals surface area contributed by atoms with Crippen molar-refractivity contribution in [2.45, 2.75) is 12.5 Å². The maximum atomic E-state index is 13.7. The van der Waals surface area contributed by atoms with Crippen LogP contribution in [0.1, 0.15) is 29.2 Å². The van der Waals surface area contributed by atoms with E-state index in [1.54, 1.807) is 17.1 Å². The quantitative estimate of drug-likeness (QED) is 0.118. The Hall–Kier alpha value is -5.42. The molecule has 1 amide bonds. The maximum Gasteiger partial charge on any atom is 0.270 e. The van der Waals surface area contributed by atoms with Crippen LogP contribution in [-0.2, 0) is 4.79 Å². The SMILES string of the molecule is O=C(CN1N=C(c2c(-c3ccccc3)c3cc(Br)ccc3[nH]c2=O)CC1c1ccccc1)NN=Cc1cccc([N+](=O)[O-])c1. The number of nitro groups is 1. The molecule has 1 aliphatic rings. The summed E-state index contributed by atoms with van der Waals surface area (Å²) < 4.78 is 0.875. The third kappa shape index (κ3) is 6.04. The van der Waals surface area contributed by atoms with Crippen molar-refractivity contribution in [3.63, 3.8) is 0 Å². The molecule has 6 rings (SSSR count). The Morgan fingerprint density at radius 3 is 2.52 bits per heavy atom. The van der Waals surface area contributed by atoms with E-state index in [9.17, 15) is 19.7 Å². The van der Waals surface area contributed by atoms with Gasteiger partial charge in [0, 0.05) is 45.1 Å². The van der Waals surface area contributed by atoms with Crippen molar-refractivity contribution >= 4 is 50.4 Å². The van der Waals surface area contributed by atoms with E-state index in [1.807, 2.05) is 78.9 Å². The van der Waals surface area contributed by atoms with Crippen LogP contribution in [0.4, 0.5) is 5.69 Å². The molecule has 4 aromatic carbocycles. The molecule has 0 spiro atoms. The number of hydrogen-bond donors (Lipinski definition) is 2. The first-order valence-electron chi connectivity index (χ1n) is 13.7. The third-order valence-corrected chi connectivity index (χ3v) is 7.79. The first kappa shape index (κ1) is 28.7. The highest BCUT2D eigenvalue weighted by Gasteiger charge is 2.33. The standard InChI is InChI=1S/C33H25BrN6O4/c34-24-14-15-27-26(17-24)31(23-11-5-2-6-12-23)32(33(42)36-27)28-18-29(22-9-3-1-4-10-22)39(38-28)20-30(41)37-35-19-21-8-7-13-25(16-21)40(43)44/h1-17,19,29H,18,20H2,(H,36,42)(H,37,41). The summed E-state index contributed by atoms with van der Waals surface area (Å²) in [6.45, 7) is -0.132. The number of H-pyrrole nitrogens is 1. The lowest BCUT2D eigenvalue weighted by Gasteiger charge is -2.22. The lowest BCUT2D eigenvalue weighted by atomic mass is 9.91. The fraction of sp³-hybridized carbons (Fsp3) is 0.0909. The molecule has 1 aliphatic heterocycles. The highest BCUT2D eigenvalue weighted by atomic mass is 79.9. The molecule has 10 nitrogen and oxygen atoms in total. The lowest BCUT2D eigenvalue weighted by molar-refractivity contribution is -0.384. The second kappa shape index (κ2) is 12.4. The van der Waals surface area contributed by atoms with Crippen LogP contribution < -0.4 is 11.0 Å². The zero-order valence-electron chi connectivity index (χ0n) is 23.2. The Labute approximate surface area is 260 Å². The molecule has 2 N–H and O–H groups in total. The molecule has 44 heavy (non-hydrogen) atoms. The van der Waals surface area contributed by atoms with E-state index in [4.69, 9.17) is 5.10 Å². The van der Waals surface area contributed by atoms with Gasteiger partial charge in [-0.1, -0.05) is 88.7 Å². The number of benzene rings is 4. The molecule has 0 aliphatic carbocycles. The van der Waals surface area contributed by atoms with Gasteiger partial charge < -0.3 is 4.98 Å². The topological polar surface area (TPSA) is 133 Å². The van der Waals surface area contributed by atoms with Crippen molar-refractivity contribution in [2.75, 3.05) is 6.54 Å². The highest BCUT2D eigenvalue weighted by molar-refractivity contribution is 9.10. The Kier molecular flexibility index (Phi) is 8.11. The Balaban J connectivity index is 1.36. The van der Waals surface area contributed by atoms with Crippen LogP contribution in [0.15, 0.2) is 123 Å². The van der Waals surface area contributed by atoms with Crippen molar-refractivity contribution in [1.82, 2.24) is 15.4 Å². The summed E-state index contributed by atoms with van der Waals surface area (Å²) in [7, 11) is 0. The average molecular weight is 650 g/mol. The predicted molar refractivity (Wildman–Crippen MR) is 174 cm³/mol. The number of aromatic amines is 1. The van der Waals surface area contributed by atoms with E-state index >= 15 is 0 Å². The van der Waals surface area contributed by atoms with Crippen molar-refractivity contribution in [1.29, 1.82) is 0 Å². The Bertz CT molecular complexity index is 1990. The number of pyridine rings is 1. The predicted octanol–water partition coefficient (Wildman–Crippen LogP) is 6.17. The minimum atomic E-state index is -0.495. The summed E-state index contributed by atoms with van der Waals surface area (Å²) in [5.41, 5.74) is 6.93. The molecular formula is C33H25BrN6O4. The van der Waals surface area contributed by atoms with Crippen LogP contribution in [0.5, 0.6) is 0 Å². The number of carbonyl (C=O) groups excluding carboxylic acids is 1. The lowest BCUT2D eigenvalue weighted by Crippen LogP contribution is -2.32. The van der Waals surface area contributed by atoms with Crippen LogP contribution >= 0.6 is 15.9 Å². The number of nitrogens with zero attached hydrogens (tertiary/aromatic N) is 4. The van der Waals surface area contributed by atoms with Gasteiger partial charge in [-0.15, -0.1) is 0 Å². The minimum absolute atomic E-state index is 0.0733. The molecule has 218 valence electrons. The van der Waals surface area contributed by atoms with Crippen LogP contribution in [0.25, 0.3) is 22.0 Å². The van der Waals surface area contributed by atoms with Crippen LogP contribution in [0, 0.1) is 10.1 Å². The van der Waals surface area contributed by atoms with Crippen LogP contribution in [0.2, 0.25) is 0 Å². The Morgan fingerprint density at radius 2 is 1.77 bits per heavy atom. The van der Waals surface area contributed by atoms with Gasteiger partial charge in [0.15, 0.2) is 0 Å². The molecule has 11 heteroatoms. The number of nitro benzene ring substituents is 1. The summed E-state index contributed by atoms with van der Waals surface area (Å²) in [5.74, 6) is -0.433. The summed E-state index contributed by atoms with van der Waals surface area (Å²) >= 11 is 3.57. The second-order valence-corrected chi connectivity index (χ2v) is 11.1. The zero-order valence-corrected chi connectivity index (χ0v) is 24.8. The number of hydrogen-bond acceptors (Lipinski definition) is 7. The summed E-state index contributed by atoms with van der Waals surface area (Å²) in [6, 6.07) is 30.8. The largest absolute Gasteiger partial charge is 0.321 e. The molecule has 1 aromatic heterocycles. The molecule has 0 saturated heterocycles. The summed E-state index contributed by atoms with van der Waals surface area (Å²) in [6.07, 6.45) is 1.74. The van der Waals surface area contributed by atoms with Crippen LogP contribution in [0.3, 0.4) is 0 Å². The number of amides is 1. The van der Waals surface area contributed by atoms with Crippen molar-refractivity contribution in [2.24, 2.45) is 10.2 Å². The van der Waals surface area contributed by atoms with Crippen molar-refractivity contribution in [3.8, 4) is 11.1 Å². The molecule has 0 radical (unpaired) electrons. The third-order valence-electron chi connectivity index (χ3n) is 7.30. The van der Waals surface area contributed by atoms with E-state index in [0.717, 1.165) is 26.5 Å². The number of fused-ring (bicyclic) bond motifs is 1. The van der Waals surface area contributed by atoms with Gasteiger partial charge in [0.1, 0.15) is 6.54 Å². The normalized spacial score (nSPS) is 14.6. The second-order valence-electron chi connectivity index (χ2n) is 10.2. The van der Waals surface area contributed by atoms with Crippen molar-refractivity contribution < 1.29 is 9.72 Å². The van der Waals surface area contributed by atoms with Gasteiger partial charge >= 0.3 is 0 Å². The van der Waals surface area contributed by atoms with E-state index in [0.29, 0.717) is 28.8 Å². The Morgan fingerprint density at radius 1 is 1.02 bits per heavy atom. The first-order chi connectivity index (χ1) is 21.4. The fourth-order valence-electron chi connectivity index (χ4n) is 5.34. The number of nitrogens with one attached hydrogen (secondary N) is 2. The molecule has 0 bridgehead atoms. The van der Waals surface area contributed by atoms with E-state index in [1.165, 1.54) is 18.3 Å².